The van der Waals surface area contributed by atoms with Crippen LogP contribution >= 0.6 is 0 Å². The molecular formula is C6H8N3. The van der Waals surface area contributed by atoms with Crippen molar-refractivity contribution in [3.8, 4) is 0 Å². The van der Waals surface area contributed by atoms with E-state index in [9.17, 15) is 0 Å². The first-order chi connectivity index (χ1) is 4.24. The number of rotatable bonds is 1. The van der Waals surface area contributed by atoms with Gasteiger partial charge in [-0.05, 0) is 20.4 Å². The number of nitrogens with zero attached hydrogens (tertiary/aromatic N) is 3. The first-order valence-corrected chi connectivity index (χ1v) is 2.69. The lowest BCUT2D eigenvalue weighted by Gasteiger charge is -1.80. The highest BCUT2D eigenvalue weighted by Gasteiger charge is 1.96. The van der Waals surface area contributed by atoms with Gasteiger partial charge in [-0.2, -0.15) is 15.0 Å². The van der Waals surface area contributed by atoms with E-state index in [1.165, 1.54) is 11.0 Å². The Morgan fingerprint density at radius 2 is 1.78 bits per heavy atom. The fourth-order valence-electron chi connectivity index (χ4n) is 0.541. The number of aromatic nitrogens is 3. The molecule has 1 rings (SSSR count). The lowest BCUT2D eigenvalue weighted by Crippen LogP contribution is -1.89. The largest absolute Gasteiger partial charge is 0.159 e. The standard InChI is InChI=1S/C6H8N3/c1-4-9-7-5(2)6(3)8-9/h1,4H,2-3H3. The van der Waals surface area contributed by atoms with Gasteiger partial charge in [0, 0.05) is 6.20 Å². The van der Waals surface area contributed by atoms with Crippen LogP contribution in [-0.2, 0) is 0 Å². The normalized spacial score (nSPS) is 9.56. The van der Waals surface area contributed by atoms with Crippen molar-refractivity contribution in [1.82, 2.24) is 15.0 Å². The summed E-state index contributed by atoms with van der Waals surface area (Å²) in [5.41, 5.74) is 1.83. The molecule has 0 aliphatic heterocycles. The van der Waals surface area contributed by atoms with Gasteiger partial charge in [0.25, 0.3) is 0 Å². The summed E-state index contributed by atoms with van der Waals surface area (Å²) in [6, 6.07) is 0. The van der Waals surface area contributed by atoms with Crippen LogP contribution < -0.4 is 0 Å². The lowest BCUT2D eigenvalue weighted by atomic mass is 10.4. The second kappa shape index (κ2) is 2.01. The van der Waals surface area contributed by atoms with Crippen LogP contribution in [0.4, 0.5) is 0 Å². The minimum Gasteiger partial charge on any atom is -0.159 e. The molecule has 0 spiro atoms. The molecule has 47 valence electrons. The van der Waals surface area contributed by atoms with Gasteiger partial charge in [0.15, 0.2) is 0 Å². The highest BCUT2D eigenvalue weighted by molar-refractivity contribution is 5.11. The number of hydrogen-bond donors (Lipinski definition) is 0. The molecule has 0 N–H and O–H groups in total. The van der Waals surface area contributed by atoms with Gasteiger partial charge >= 0.3 is 0 Å². The second-order valence-corrected chi connectivity index (χ2v) is 1.84. The summed E-state index contributed by atoms with van der Waals surface area (Å²) < 4.78 is 0. The van der Waals surface area contributed by atoms with Crippen molar-refractivity contribution in [2.75, 3.05) is 0 Å². The third-order valence-corrected chi connectivity index (χ3v) is 1.16. The van der Waals surface area contributed by atoms with Crippen molar-refractivity contribution in [2.45, 2.75) is 13.8 Å². The molecular weight excluding hydrogens is 114 g/mol. The van der Waals surface area contributed by atoms with Crippen molar-refractivity contribution in [2.24, 2.45) is 0 Å². The third kappa shape index (κ3) is 0.988. The molecule has 1 aromatic heterocycles. The molecule has 0 saturated carbocycles. The van der Waals surface area contributed by atoms with Gasteiger partial charge < -0.3 is 0 Å². The average molecular weight is 122 g/mol. The molecule has 0 bridgehead atoms. The molecule has 3 heteroatoms. The smallest absolute Gasteiger partial charge is 0.0829 e. The summed E-state index contributed by atoms with van der Waals surface area (Å²) in [7, 11) is 0. The molecule has 0 unspecified atom stereocenters. The summed E-state index contributed by atoms with van der Waals surface area (Å²) in [4.78, 5) is 1.35. The monoisotopic (exact) mass is 122 g/mol. The van der Waals surface area contributed by atoms with Crippen molar-refractivity contribution in [3.63, 3.8) is 0 Å². The summed E-state index contributed by atoms with van der Waals surface area (Å²) >= 11 is 0. The van der Waals surface area contributed by atoms with E-state index in [0.717, 1.165) is 11.4 Å². The van der Waals surface area contributed by atoms with Crippen LogP contribution in [0.5, 0.6) is 0 Å². The maximum atomic E-state index is 5.14. The maximum absolute atomic E-state index is 5.14. The van der Waals surface area contributed by atoms with Crippen LogP contribution in [0.15, 0.2) is 0 Å². The second-order valence-electron chi connectivity index (χ2n) is 1.84. The van der Waals surface area contributed by atoms with E-state index in [1.807, 2.05) is 13.8 Å². The van der Waals surface area contributed by atoms with E-state index in [2.05, 4.69) is 10.2 Å². The minimum atomic E-state index is 0.914. The van der Waals surface area contributed by atoms with E-state index in [4.69, 9.17) is 6.58 Å². The summed E-state index contributed by atoms with van der Waals surface area (Å²) in [6.45, 7) is 8.93. The molecule has 0 aliphatic rings. The Kier molecular flexibility index (Phi) is 1.34. The zero-order valence-electron chi connectivity index (χ0n) is 5.50. The zero-order valence-corrected chi connectivity index (χ0v) is 5.50. The van der Waals surface area contributed by atoms with Crippen LogP contribution in [0.2, 0.25) is 0 Å². The zero-order chi connectivity index (χ0) is 6.85. The highest BCUT2D eigenvalue weighted by atomic mass is 15.5. The molecule has 0 aliphatic carbocycles. The summed E-state index contributed by atoms with van der Waals surface area (Å²) in [5, 5.41) is 7.91. The predicted octanol–water partition coefficient (Wildman–Crippen LogP) is 0.799. The fourth-order valence-corrected chi connectivity index (χ4v) is 0.541. The molecule has 0 amide bonds. The van der Waals surface area contributed by atoms with E-state index in [0.29, 0.717) is 0 Å². The Labute approximate surface area is 54.0 Å². The van der Waals surface area contributed by atoms with E-state index in [-0.39, 0.29) is 0 Å². The lowest BCUT2D eigenvalue weighted by molar-refractivity contribution is 0.784. The molecule has 9 heavy (non-hydrogen) atoms. The molecule has 1 radical (unpaired) electrons. The van der Waals surface area contributed by atoms with Gasteiger partial charge in [0.2, 0.25) is 0 Å². The van der Waals surface area contributed by atoms with Crippen molar-refractivity contribution < 1.29 is 0 Å². The van der Waals surface area contributed by atoms with Gasteiger partial charge in [-0.15, -0.1) is 0 Å². The van der Waals surface area contributed by atoms with Crippen LogP contribution in [0.3, 0.4) is 0 Å². The summed E-state index contributed by atoms with van der Waals surface area (Å²) in [5.74, 6) is 0. The first kappa shape index (κ1) is 6.01. The van der Waals surface area contributed by atoms with Gasteiger partial charge in [-0.1, -0.05) is 0 Å². The Balaban J connectivity index is 3.11. The predicted molar refractivity (Wildman–Crippen MR) is 34.6 cm³/mol. The SMILES string of the molecule is [CH]=Cn1nc(C)c(C)n1. The van der Waals surface area contributed by atoms with Crippen molar-refractivity contribution in [1.29, 1.82) is 0 Å². The average Bonchev–Trinajstić information content (AvgIpc) is 2.13. The van der Waals surface area contributed by atoms with E-state index in [1.54, 1.807) is 0 Å². The molecule has 3 nitrogen and oxygen atoms in total. The van der Waals surface area contributed by atoms with Crippen LogP contribution in [0.1, 0.15) is 11.4 Å². The van der Waals surface area contributed by atoms with Crippen molar-refractivity contribution >= 4 is 6.20 Å². The molecule has 0 aromatic carbocycles. The number of aryl methyl sites for hydroxylation is 2. The van der Waals surface area contributed by atoms with Gasteiger partial charge in [0.05, 0.1) is 11.4 Å². The summed E-state index contributed by atoms with van der Waals surface area (Å²) in [6.07, 6.45) is 1.32. The first-order valence-electron chi connectivity index (χ1n) is 2.69. The maximum Gasteiger partial charge on any atom is 0.0829 e. The molecule has 0 fully saturated rings. The highest BCUT2D eigenvalue weighted by Crippen LogP contribution is 1.96. The van der Waals surface area contributed by atoms with Crippen LogP contribution in [-0.4, -0.2) is 15.0 Å². The fraction of sp³-hybridized carbons (Fsp3) is 0.333. The third-order valence-electron chi connectivity index (χ3n) is 1.16. The van der Waals surface area contributed by atoms with Crippen LogP contribution in [0.25, 0.3) is 6.20 Å². The molecule has 0 saturated heterocycles. The Bertz CT molecular complexity index is 205. The van der Waals surface area contributed by atoms with Crippen LogP contribution in [0, 0.1) is 20.4 Å². The Morgan fingerprint density at radius 1 is 1.33 bits per heavy atom. The quantitative estimate of drug-likeness (QED) is 0.551. The Morgan fingerprint density at radius 3 is 2.00 bits per heavy atom. The molecule has 1 aromatic rings. The Hall–Kier alpha value is -1.12. The minimum absolute atomic E-state index is 0.914. The van der Waals surface area contributed by atoms with Gasteiger partial charge in [-0.3, -0.25) is 0 Å². The number of hydrogen-bond acceptors (Lipinski definition) is 2. The molecule has 1 heterocycles. The molecule has 0 atom stereocenters. The topological polar surface area (TPSA) is 30.7 Å². The van der Waals surface area contributed by atoms with Crippen molar-refractivity contribution in [3.05, 3.63) is 18.0 Å². The van der Waals surface area contributed by atoms with E-state index >= 15 is 0 Å². The van der Waals surface area contributed by atoms with E-state index < -0.39 is 0 Å². The van der Waals surface area contributed by atoms with Gasteiger partial charge in [0.1, 0.15) is 0 Å². The van der Waals surface area contributed by atoms with Gasteiger partial charge in [-0.25, -0.2) is 0 Å².